The second-order valence-electron chi connectivity index (χ2n) is 8.95. The molecular weight excluding hydrogens is 424 g/mol. The molecule has 0 unspecified atom stereocenters. The molecule has 0 bridgehead atoms. The van der Waals surface area contributed by atoms with E-state index in [2.05, 4.69) is 15.2 Å². The minimum absolute atomic E-state index is 0.144. The summed E-state index contributed by atoms with van der Waals surface area (Å²) in [5.74, 6) is 0.441. The van der Waals surface area contributed by atoms with Crippen LogP contribution in [0.1, 0.15) is 31.0 Å². The Morgan fingerprint density at radius 1 is 1.09 bits per heavy atom. The number of piperazine rings is 1. The van der Waals surface area contributed by atoms with Crippen LogP contribution in [0, 0.1) is 5.92 Å². The molecular formula is C23H32N6O4. The van der Waals surface area contributed by atoms with Gasteiger partial charge < -0.3 is 19.6 Å². The zero-order valence-electron chi connectivity index (χ0n) is 19.0. The standard InChI is InChI=1S/C23H32N6O4/c1-18-13-28(22(30)31)12-11-27(18)15-21-16-29(25-24-21)14-19-7-9-26(10-8-19)23(32)33-17-20-5-3-2-4-6-20/h2-6,16,18-19H,7-15,17H2,1H3,(H,30,31)/t18-/m0/s1. The van der Waals surface area contributed by atoms with Crippen LogP contribution >= 0.6 is 0 Å². The maximum atomic E-state index is 12.3. The maximum Gasteiger partial charge on any atom is 0.410 e. The molecule has 0 saturated carbocycles. The van der Waals surface area contributed by atoms with Crippen molar-refractivity contribution in [1.82, 2.24) is 29.7 Å². The van der Waals surface area contributed by atoms with E-state index in [0.29, 0.717) is 51.8 Å². The van der Waals surface area contributed by atoms with E-state index < -0.39 is 6.09 Å². The van der Waals surface area contributed by atoms with Gasteiger partial charge >= 0.3 is 12.2 Å². The van der Waals surface area contributed by atoms with Gasteiger partial charge in [-0.15, -0.1) is 5.10 Å². The summed E-state index contributed by atoms with van der Waals surface area (Å²) in [4.78, 5) is 29.0. The van der Waals surface area contributed by atoms with E-state index in [-0.39, 0.29) is 12.1 Å². The molecule has 3 heterocycles. The molecule has 10 heteroatoms. The molecule has 2 aliphatic heterocycles. The van der Waals surface area contributed by atoms with Gasteiger partial charge in [-0.05, 0) is 31.2 Å². The topological polar surface area (TPSA) is 104 Å². The van der Waals surface area contributed by atoms with Gasteiger partial charge in [0.2, 0.25) is 0 Å². The van der Waals surface area contributed by atoms with Crippen LogP contribution in [-0.4, -0.2) is 85.8 Å². The molecule has 2 fully saturated rings. The molecule has 10 nitrogen and oxygen atoms in total. The van der Waals surface area contributed by atoms with E-state index >= 15 is 0 Å². The lowest BCUT2D eigenvalue weighted by atomic mass is 9.97. The number of amides is 2. The number of likely N-dealkylation sites (tertiary alicyclic amines) is 1. The van der Waals surface area contributed by atoms with Crippen LogP contribution in [0.5, 0.6) is 0 Å². The van der Waals surface area contributed by atoms with Gasteiger partial charge in [0.25, 0.3) is 0 Å². The van der Waals surface area contributed by atoms with Crippen molar-refractivity contribution >= 4 is 12.2 Å². The van der Waals surface area contributed by atoms with Crippen molar-refractivity contribution in [3.05, 3.63) is 47.8 Å². The van der Waals surface area contributed by atoms with Gasteiger partial charge in [0.1, 0.15) is 6.61 Å². The molecule has 1 N–H and O–H groups in total. The lowest BCUT2D eigenvalue weighted by Gasteiger charge is -2.38. The summed E-state index contributed by atoms with van der Waals surface area (Å²) in [6.07, 6.45) is 2.69. The minimum Gasteiger partial charge on any atom is -0.465 e. The van der Waals surface area contributed by atoms with Crippen LogP contribution in [0.15, 0.2) is 36.5 Å². The van der Waals surface area contributed by atoms with Crippen molar-refractivity contribution in [2.24, 2.45) is 5.92 Å². The van der Waals surface area contributed by atoms with Gasteiger partial charge in [-0.2, -0.15) is 0 Å². The fourth-order valence-electron chi connectivity index (χ4n) is 4.49. The Kier molecular flexibility index (Phi) is 7.43. The molecule has 178 valence electrons. The van der Waals surface area contributed by atoms with Crippen molar-refractivity contribution in [2.45, 2.75) is 45.5 Å². The highest BCUT2D eigenvalue weighted by Crippen LogP contribution is 2.20. The number of carboxylic acid groups (broad SMARTS) is 1. The third-order valence-electron chi connectivity index (χ3n) is 6.51. The number of hydrogen-bond donors (Lipinski definition) is 1. The first kappa shape index (κ1) is 23.0. The monoisotopic (exact) mass is 456 g/mol. The number of piperidine rings is 1. The summed E-state index contributed by atoms with van der Waals surface area (Å²) in [6, 6.07) is 9.85. The molecule has 0 aliphatic carbocycles. The Bertz CT molecular complexity index is 928. The van der Waals surface area contributed by atoms with E-state index in [0.717, 1.165) is 30.6 Å². The molecule has 2 amide bonds. The summed E-state index contributed by atoms with van der Waals surface area (Å²) in [5.41, 5.74) is 1.88. The highest BCUT2D eigenvalue weighted by molar-refractivity contribution is 5.67. The van der Waals surface area contributed by atoms with Gasteiger partial charge in [-0.1, -0.05) is 35.5 Å². The quantitative estimate of drug-likeness (QED) is 0.712. The predicted octanol–water partition coefficient (Wildman–Crippen LogP) is 2.51. The molecule has 1 atom stereocenters. The average Bonchev–Trinajstić information content (AvgIpc) is 3.26. The minimum atomic E-state index is -0.858. The Morgan fingerprint density at radius 2 is 1.85 bits per heavy atom. The van der Waals surface area contributed by atoms with Crippen LogP contribution < -0.4 is 0 Å². The Balaban J connectivity index is 1.19. The van der Waals surface area contributed by atoms with E-state index in [1.54, 1.807) is 4.90 Å². The zero-order valence-corrected chi connectivity index (χ0v) is 19.0. The fourth-order valence-corrected chi connectivity index (χ4v) is 4.49. The number of hydrogen-bond acceptors (Lipinski definition) is 6. The van der Waals surface area contributed by atoms with Gasteiger partial charge in [0.05, 0.1) is 5.69 Å². The second-order valence-corrected chi connectivity index (χ2v) is 8.95. The first-order chi connectivity index (χ1) is 16.0. The summed E-state index contributed by atoms with van der Waals surface area (Å²) in [5, 5.41) is 17.8. The predicted molar refractivity (Wildman–Crippen MR) is 120 cm³/mol. The maximum absolute atomic E-state index is 12.3. The zero-order chi connectivity index (χ0) is 23.2. The number of carbonyl (C=O) groups is 2. The molecule has 1 aromatic heterocycles. The summed E-state index contributed by atoms with van der Waals surface area (Å²) in [6.45, 7) is 6.87. The molecule has 0 radical (unpaired) electrons. The smallest absolute Gasteiger partial charge is 0.410 e. The van der Waals surface area contributed by atoms with Crippen LogP contribution in [0.2, 0.25) is 0 Å². The molecule has 4 rings (SSSR count). The van der Waals surface area contributed by atoms with E-state index in [9.17, 15) is 9.59 Å². The number of benzene rings is 1. The van der Waals surface area contributed by atoms with Crippen molar-refractivity contribution in [3.8, 4) is 0 Å². The molecule has 1 aromatic carbocycles. The van der Waals surface area contributed by atoms with Gasteiger partial charge in [-0.3, -0.25) is 9.58 Å². The SMILES string of the molecule is C[C@H]1CN(C(=O)O)CCN1Cc1cn(CC2CCN(C(=O)OCc3ccccc3)CC2)nn1. The number of rotatable bonds is 6. The van der Waals surface area contributed by atoms with Crippen molar-refractivity contribution in [2.75, 3.05) is 32.7 Å². The summed E-state index contributed by atoms with van der Waals surface area (Å²) >= 11 is 0. The largest absolute Gasteiger partial charge is 0.465 e. The Labute approximate surface area is 193 Å². The van der Waals surface area contributed by atoms with E-state index in [4.69, 9.17) is 9.84 Å². The number of ether oxygens (including phenoxy) is 1. The number of nitrogens with zero attached hydrogens (tertiary/aromatic N) is 6. The van der Waals surface area contributed by atoms with Crippen molar-refractivity contribution in [1.29, 1.82) is 0 Å². The Hall–Kier alpha value is -3.14. The Morgan fingerprint density at radius 3 is 2.55 bits per heavy atom. The lowest BCUT2D eigenvalue weighted by molar-refractivity contribution is 0.0705. The highest BCUT2D eigenvalue weighted by atomic mass is 16.6. The average molecular weight is 457 g/mol. The normalized spacial score (nSPS) is 20.1. The van der Waals surface area contributed by atoms with Crippen LogP contribution in [0.25, 0.3) is 0 Å². The summed E-state index contributed by atoms with van der Waals surface area (Å²) < 4.78 is 7.33. The van der Waals surface area contributed by atoms with Gasteiger partial charge in [0, 0.05) is 58.1 Å². The summed E-state index contributed by atoms with van der Waals surface area (Å²) in [7, 11) is 0. The molecule has 2 aromatic rings. The van der Waals surface area contributed by atoms with Gasteiger partial charge in [-0.25, -0.2) is 9.59 Å². The van der Waals surface area contributed by atoms with Crippen molar-refractivity contribution in [3.63, 3.8) is 0 Å². The number of aromatic nitrogens is 3. The fraction of sp³-hybridized carbons (Fsp3) is 0.565. The lowest BCUT2D eigenvalue weighted by Crippen LogP contribution is -2.52. The molecule has 2 aliphatic rings. The third kappa shape index (κ3) is 6.22. The van der Waals surface area contributed by atoms with Crippen LogP contribution in [0.4, 0.5) is 9.59 Å². The van der Waals surface area contributed by atoms with Crippen LogP contribution in [-0.2, 0) is 24.4 Å². The van der Waals surface area contributed by atoms with E-state index in [1.165, 1.54) is 4.90 Å². The molecule has 0 spiro atoms. The number of carbonyl (C=O) groups excluding carboxylic acids is 1. The van der Waals surface area contributed by atoms with Crippen molar-refractivity contribution < 1.29 is 19.4 Å². The highest BCUT2D eigenvalue weighted by Gasteiger charge is 2.27. The molecule has 2 saturated heterocycles. The van der Waals surface area contributed by atoms with E-state index in [1.807, 2.05) is 48.1 Å². The van der Waals surface area contributed by atoms with Crippen LogP contribution in [0.3, 0.4) is 0 Å². The second kappa shape index (κ2) is 10.7. The third-order valence-corrected chi connectivity index (χ3v) is 6.51. The first-order valence-corrected chi connectivity index (χ1v) is 11.5. The molecule has 33 heavy (non-hydrogen) atoms. The van der Waals surface area contributed by atoms with Gasteiger partial charge in [0.15, 0.2) is 0 Å². The first-order valence-electron chi connectivity index (χ1n) is 11.5.